The second-order valence-corrected chi connectivity index (χ2v) is 9.44. The quantitative estimate of drug-likeness (QED) is 0.589. The van der Waals surface area contributed by atoms with E-state index >= 15 is 0 Å². The van der Waals surface area contributed by atoms with Crippen LogP contribution in [0.2, 0.25) is 0 Å². The van der Waals surface area contributed by atoms with Gasteiger partial charge in [-0.3, -0.25) is 4.79 Å². The molecule has 32 heavy (non-hydrogen) atoms. The first-order chi connectivity index (χ1) is 15.0. The summed E-state index contributed by atoms with van der Waals surface area (Å²) in [4.78, 5) is 28.2. The Morgan fingerprint density at radius 2 is 2.06 bits per heavy atom. The molecule has 1 amide bonds. The molecular formula is C25H33N3O4. The van der Waals surface area contributed by atoms with Gasteiger partial charge >= 0.3 is 12.1 Å². The Hall–Kier alpha value is -3.09. The molecule has 7 heteroatoms. The van der Waals surface area contributed by atoms with E-state index in [9.17, 15) is 14.7 Å². The summed E-state index contributed by atoms with van der Waals surface area (Å²) in [5, 5.41) is 12.4. The lowest BCUT2D eigenvalue weighted by Gasteiger charge is -2.21. The summed E-state index contributed by atoms with van der Waals surface area (Å²) in [5.41, 5.74) is 5.89. The highest BCUT2D eigenvalue weighted by atomic mass is 16.6. The lowest BCUT2D eigenvalue weighted by molar-refractivity contribution is -0.142. The Morgan fingerprint density at radius 3 is 2.72 bits per heavy atom. The summed E-state index contributed by atoms with van der Waals surface area (Å²) < 4.78 is 7.29. The van der Waals surface area contributed by atoms with E-state index in [1.807, 2.05) is 6.92 Å². The first-order valence-electron chi connectivity index (χ1n) is 11.1. The van der Waals surface area contributed by atoms with E-state index in [1.165, 1.54) is 5.56 Å². The van der Waals surface area contributed by atoms with E-state index in [0.717, 1.165) is 41.1 Å². The van der Waals surface area contributed by atoms with Crippen LogP contribution in [0.15, 0.2) is 31.1 Å². The van der Waals surface area contributed by atoms with Crippen molar-refractivity contribution in [2.24, 2.45) is 5.92 Å². The summed E-state index contributed by atoms with van der Waals surface area (Å²) in [6.45, 7) is 11.8. The first kappa shape index (κ1) is 23.6. The molecule has 1 aromatic heterocycles. The van der Waals surface area contributed by atoms with Gasteiger partial charge in [0.15, 0.2) is 0 Å². The van der Waals surface area contributed by atoms with Crippen molar-refractivity contribution in [3.63, 3.8) is 0 Å². The number of carbonyl (C=O) groups excluding carboxylic acids is 1. The zero-order chi connectivity index (χ0) is 23.5. The maximum absolute atomic E-state index is 11.9. The van der Waals surface area contributed by atoms with E-state index in [0.29, 0.717) is 25.8 Å². The third-order valence-electron chi connectivity index (χ3n) is 5.60. The van der Waals surface area contributed by atoms with E-state index in [-0.39, 0.29) is 0 Å². The molecule has 1 aliphatic rings. The fraction of sp³-hybridized carbons (Fsp3) is 0.480. The number of ether oxygens (including phenoxy) is 1. The Labute approximate surface area is 189 Å². The lowest BCUT2D eigenvalue weighted by atomic mass is 9.93. The normalized spacial score (nSPS) is 13.6. The molecule has 3 rings (SSSR count). The van der Waals surface area contributed by atoms with Crippen molar-refractivity contribution in [2.75, 3.05) is 6.54 Å². The van der Waals surface area contributed by atoms with Crippen LogP contribution in [-0.4, -0.2) is 38.9 Å². The minimum Gasteiger partial charge on any atom is -0.481 e. The van der Waals surface area contributed by atoms with Gasteiger partial charge in [0.05, 0.1) is 23.6 Å². The molecule has 0 aliphatic carbocycles. The fourth-order valence-electron chi connectivity index (χ4n) is 3.99. The maximum atomic E-state index is 11.9. The molecule has 0 saturated heterocycles. The highest BCUT2D eigenvalue weighted by molar-refractivity contribution is 5.70. The highest BCUT2D eigenvalue weighted by Gasteiger charge is 2.25. The van der Waals surface area contributed by atoms with Gasteiger partial charge in [0, 0.05) is 18.7 Å². The summed E-state index contributed by atoms with van der Waals surface area (Å²) in [6.07, 6.45) is 4.42. The van der Waals surface area contributed by atoms with Crippen LogP contribution in [0, 0.1) is 5.92 Å². The van der Waals surface area contributed by atoms with Crippen molar-refractivity contribution >= 4 is 17.6 Å². The number of fused-ring (bicyclic) bond motifs is 3. The van der Waals surface area contributed by atoms with Crippen molar-refractivity contribution in [2.45, 2.75) is 65.4 Å². The molecule has 1 aliphatic heterocycles. The van der Waals surface area contributed by atoms with Crippen LogP contribution in [0.3, 0.4) is 0 Å². The van der Waals surface area contributed by atoms with E-state index in [1.54, 1.807) is 27.1 Å². The number of nitrogens with one attached hydrogen (secondary N) is 1. The fourth-order valence-corrected chi connectivity index (χ4v) is 3.99. The van der Waals surface area contributed by atoms with E-state index < -0.39 is 23.6 Å². The highest BCUT2D eigenvalue weighted by Crippen LogP contribution is 2.30. The zero-order valence-electron chi connectivity index (χ0n) is 19.4. The number of alkyl carbamates (subject to hydrolysis) is 1. The summed E-state index contributed by atoms with van der Waals surface area (Å²) >= 11 is 0. The van der Waals surface area contributed by atoms with Crippen LogP contribution in [0.1, 0.15) is 63.1 Å². The molecule has 2 aromatic rings. The molecule has 172 valence electrons. The summed E-state index contributed by atoms with van der Waals surface area (Å²) in [6, 6.07) is 6.33. The second-order valence-electron chi connectivity index (χ2n) is 9.44. The number of carboxylic acids is 1. The second kappa shape index (κ2) is 9.59. The third kappa shape index (κ3) is 5.78. The molecule has 0 radical (unpaired) electrons. The molecule has 0 spiro atoms. The number of hydrogen-bond acceptors (Lipinski definition) is 4. The number of aromatic nitrogens is 2. The van der Waals surface area contributed by atoms with Gasteiger partial charge in [-0.2, -0.15) is 0 Å². The number of nitrogens with zero attached hydrogens (tertiary/aromatic N) is 2. The number of hydrogen-bond donors (Lipinski definition) is 2. The Balaban J connectivity index is 1.63. The average Bonchev–Trinajstić information content (AvgIpc) is 3.11. The number of carboxylic acid groups (broad SMARTS) is 1. The van der Waals surface area contributed by atoms with E-state index in [4.69, 9.17) is 4.74 Å². The average molecular weight is 440 g/mol. The van der Waals surface area contributed by atoms with Gasteiger partial charge in [-0.15, -0.1) is 0 Å². The number of aryl methyl sites for hydroxylation is 1. The molecule has 0 fully saturated rings. The predicted molar refractivity (Wildman–Crippen MR) is 124 cm³/mol. The standard InChI is InChI=1S/C25H33N3O4/c1-16(2)17-8-10-21-18(13-17)9-11-22-20(27-15-28(21)22)14-19(23(29)30)7-6-12-26-24(31)32-25(3,4)5/h8,10,13,15,19H,1,6-7,9,11-12,14H2,2-5H3,(H,26,31)(H,29,30). The van der Waals surface area contributed by atoms with Gasteiger partial charge < -0.3 is 19.7 Å². The monoisotopic (exact) mass is 439 g/mol. The van der Waals surface area contributed by atoms with Crippen molar-refractivity contribution in [1.82, 2.24) is 14.9 Å². The number of rotatable bonds is 8. The predicted octanol–water partition coefficient (Wildman–Crippen LogP) is 4.55. The third-order valence-corrected chi connectivity index (χ3v) is 5.60. The maximum Gasteiger partial charge on any atom is 0.407 e. The smallest absolute Gasteiger partial charge is 0.407 e. The summed E-state index contributed by atoms with van der Waals surface area (Å²) in [5.74, 6) is -1.39. The van der Waals surface area contributed by atoms with Crippen LogP contribution >= 0.6 is 0 Å². The first-order valence-corrected chi connectivity index (χ1v) is 11.1. The van der Waals surface area contributed by atoms with Crippen LogP contribution in [0.25, 0.3) is 11.3 Å². The Morgan fingerprint density at radius 1 is 1.31 bits per heavy atom. The van der Waals surface area contributed by atoms with Crippen molar-refractivity contribution < 1.29 is 19.4 Å². The Kier molecular flexibility index (Phi) is 7.06. The zero-order valence-corrected chi connectivity index (χ0v) is 19.4. The topological polar surface area (TPSA) is 93.4 Å². The van der Waals surface area contributed by atoms with Gasteiger partial charge in [0.2, 0.25) is 0 Å². The molecular weight excluding hydrogens is 406 g/mol. The van der Waals surface area contributed by atoms with Gasteiger partial charge in [-0.25, -0.2) is 9.78 Å². The van der Waals surface area contributed by atoms with Gasteiger partial charge in [-0.1, -0.05) is 18.2 Å². The molecule has 7 nitrogen and oxygen atoms in total. The lowest BCUT2D eigenvalue weighted by Crippen LogP contribution is -2.33. The van der Waals surface area contributed by atoms with E-state index in [2.05, 4.69) is 39.6 Å². The number of amides is 1. The largest absolute Gasteiger partial charge is 0.481 e. The number of carbonyl (C=O) groups is 2. The molecule has 1 unspecified atom stereocenters. The minimum absolute atomic E-state index is 0.373. The number of imidazole rings is 1. The molecule has 2 heterocycles. The van der Waals surface area contributed by atoms with Crippen LogP contribution in [-0.2, 0) is 28.8 Å². The molecule has 1 aromatic carbocycles. The van der Waals surface area contributed by atoms with Crippen molar-refractivity contribution in [3.05, 3.63) is 53.6 Å². The van der Waals surface area contributed by atoms with Crippen LogP contribution < -0.4 is 5.32 Å². The molecule has 0 bridgehead atoms. The molecule has 0 saturated carbocycles. The van der Waals surface area contributed by atoms with Crippen molar-refractivity contribution in [3.8, 4) is 5.69 Å². The van der Waals surface area contributed by atoms with Crippen LogP contribution in [0.4, 0.5) is 4.79 Å². The number of allylic oxidation sites excluding steroid dienone is 1. The molecule has 2 N–H and O–H groups in total. The van der Waals surface area contributed by atoms with Gasteiger partial charge in [-0.05, 0) is 76.6 Å². The number of benzene rings is 1. The van der Waals surface area contributed by atoms with Crippen LogP contribution in [0.5, 0.6) is 0 Å². The molecule has 1 atom stereocenters. The minimum atomic E-state index is -0.841. The van der Waals surface area contributed by atoms with Gasteiger partial charge in [0.25, 0.3) is 0 Å². The Bertz CT molecular complexity index is 1020. The number of aliphatic carboxylic acids is 1. The summed E-state index contributed by atoms with van der Waals surface area (Å²) in [7, 11) is 0. The van der Waals surface area contributed by atoms with Crippen molar-refractivity contribution in [1.29, 1.82) is 0 Å². The SMILES string of the molecule is C=C(C)c1ccc2c(c1)CCc1c(CC(CCCNC(=O)OC(C)(C)C)C(=O)O)ncn1-2. The van der Waals surface area contributed by atoms with Gasteiger partial charge in [0.1, 0.15) is 5.60 Å².